The molecule has 48 heavy (non-hydrogen) atoms. The number of phenols is 2. The minimum atomic E-state index is -1.11. The summed E-state index contributed by atoms with van der Waals surface area (Å²) in [7, 11) is 4.47. The van der Waals surface area contributed by atoms with Crippen LogP contribution in [-0.4, -0.2) is 82.2 Å². The van der Waals surface area contributed by atoms with E-state index >= 15 is 0 Å². The van der Waals surface area contributed by atoms with E-state index in [4.69, 9.17) is 14.2 Å². The minimum absolute atomic E-state index is 0.0378. The number of ether oxygens (including phenoxy) is 3. The lowest BCUT2D eigenvalue weighted by atomic mass is 9.99. The van der Waals surface area contributed by atoms with Crippen LogP contribution in [0.15, 0.2) is 91.0 Å². The Hall–Kier alpha value is -5.42. The lowest BCUT2D eigenvalue weighted by molar-refractivity contribution is -0.147. The Morgan fingerprint density at radius 1 is 0.750 bits per heavy atom. The zero-order valence-electron chi connectivity index (χ0n) is 27.3. The van der Waals surface area contributed by atoms with Gasteiger partial charge in [0.05, 0.1) is 46.6 Å². The van der Waals surface area contributed by atoms with Crippen molar-refractivity contribution in [1.29, 1.82) is 0 Å². The lowest BCUT2D eigenvalue weighted by Gasteiger charge is -2.36. The Labute approximate surface area is 280 Å². The van der Waals surface area contributed by atoms with E-state index < -0.39 is 18.2 Å². The van der Waals surface area contributed by atoms with Gasteiger partial charge in [0.15, 0.2) is 23.0 Å². The number of hydrazine groups is 1. The maximum atomic E-state index is 14.8. The third kappa shape index (κ3) is 7.92. The summed E-state index contributed by atoms with van der Waals surface area (Å²) in [6, 6.07) is 25.3. The Morgan fingerprint density at radius 3 is 1.92 bits per heavy atom. The average molecular weight is 656 g/mol. The number of aryl methyl sites for hydroxylation is 1. The van der Waals surface area contributed by atoms with Crippen LogP contribution in [0.5, 0.6) is 28.7 Å². The number of β-amino-alcohol motifs (C(OH)–C–C–N with tert-alkyl or cyclic N) is 1. The summed E-state index contributed by atoms with van der Waals surface area (Å²) in [5.41, 5.74) is 3.10. The summed E-state index contributed by atoms with van der Waals surface area (Å²) in [6.07, 6.45) is -0.287. The molecule has 0 spiro atoms. The number of hydrogen-bond acceptors (Lipinski definition) is 8. The number of aliphatic hydroxyl groups is 1. The van der Waals surface area contributed by atoms with Crippen LogP contribution in [0.4, 0.5) is 4.79 Å². The number of amides is 3. The van der Waals surface area contributed by atoms with Crippen LogP contribution < -0.4 is 14.2 Å². The minimum Gasteiger partial charge on any atom is -0.504 e. The monoisotopic (exact) mass is 655 g/mol. The molecule has 0 aliphatic carbocycles. The molecular formula is C37H41N3O8. The van der Waals surface area contributed by atoms with E-state index in [0.29, 0.717) is 29.7 Å². The van der Waals surface area contributed by atoms with E-state index in [1.807, 2.05) is 54.6 Å². The Kier molecular flexibility index (Phi) is 10.9. The molecule has 3 N–H and O–H groups in total. The standard InChI is InChI=1S/C37H41N3O8/c1-46-29-14-9-25(10-15-29)13-18-36(44)39-24-33(43)30(19-26-7-5-4-6-8-26)38(22-27-11-16-31(41)34(20-27)47-2)37(45)40(39)23-28-12-17-32(42)35(21-28)48-3/h4-12,14-17,20-21,30,33,41-43H,13,18-19,22-24H2,1-3H3/t30-,33-/m1/s1. The van der Waals surface area contributed by atoms with Crippen LogP contribution in [0, 0.1) is 0 Å². The van der Waals surface area contributed by atoms with Crippen molar-refractivity contribution in [1.82, 2.24) is 14.9 Å². The van der Waals surface area contributed by atoms with Gasteiger partial charge in [0.1, 0.15) is 5.75 Å². The fourth-order valence-corrected chi connectivity index (χ4v) is 5.86. The third-order valence-corrected chi connectivity index (χ3v) is 8.50. The molecule has 11 nitrogen and oxygen atoms in total. The highest BCUT2D eigenvalue weighted by Crippen LogP contribution is 2.31. The number of benzene rings is 4. The van der Waals surface area contributed by atoms with E-state index in [0.717, 1.165) is 11.1 Å². The number of urea groups is 1. The fourth-order valence-electron chi connectivity index (χ4n) is 5.86. The smallest absolute Gasteiger partial charge is 0.339 e. The van der Waals surface area contributed by atoms with Crippen LogP contribution in [0.3, 0.4) is 0 Å². The van der Waals surface area contributed by atoms with Crippen molar-refractivity contribution in [2.45, 2.75) is 44.5 Å². The molecule has 0 saturated carbocycles. The summed E-state index contributed by atoms with van der Waals surface area (Å²) in [6.45, 7) is -0.105. The number of phenolic OH excluding ortho intramolecular Hbond substituents is 2. The van der Waals surface area contributed by atoms with E-state index in [2.05, 4.69) is 0 Å². The van der Waals surface area contributed by atoms with Gasteiger partial charge >= 0.3 is 6.03 Å². The van der Waals surface area contributed by atoms with Gasteiger partial charge in [0, 0.05) is 13.0 Å². The van der Waals surface area contributed by atoms with Crippen molar-refractivity contribution in [2.24, 2.45) is 0 Å². The highest BCUT2D eigenvalue weighted by atomic mass is 16.5. The van der Waals surface area contributed by atoms with Crippen LogP contribution in [-0.2, 0) is 30.7 Å². The van der Waals surface area contributed by atoms with Gasteiger partial charge in [-0.2, -0.15) is 0 Å². The molecule has 252 valence electrons. The molecule has 1 aliphatic heterocycles. The first-order valence-electron chi connectivity index (χ1n) is 15.7. The highest BCUT2D eigenvalue weighted by molar-refractivity contribution is 5.82. The van der Waals surface area contributed by atoms with Crippen LogP contribution in [0.2, 0.25) is 0 Å². The summed E-state index contributed by atoms with van der Waals surface area (Å²) < 4.78 is 15.9. The number of hydrogen-bond donors (Lipinski definition) is 3. The molecule has 1 saturated heterocycles. The summed E-state index contributed by atoms with van der Waals surface area (Å²) in [4.78, 5) is 30.4. The van der Waals surface area contributed by atoms with Crippen molar-refractivity contribution in [3.8, 4) is 28.7 Å². The first-order valence-corrected chi connectivity index (χ1v) is 15.7. The molecule has 4 aromatic carbocycles. The molecule has 1 aliphatic rings. The molecule has 1 heterocycles. The van der Waals surface area contributed by atoms with Crippen LogP contribution in [0.1, 0.15) is 28.7 Å². The fraction of sp³-hybridized carbons (Fsp3) is 0.297. The zero-order chi connectivity index (χ0) is 34.2. The molecule has 0 radical (unpaired) electrons. The second kappa shape index (κ2) is 15.4. The van der Waals surface area contributed by atoms with E-state index in [-0.39, 0.29) is 55.0 Å². The quantitative estimate of drug-likeness (QED) is 0.196. The Balaban J connectivity index is 1.53. The first-order chi connectivity index (χ1) is 23.2. The van der Waals surface area contributed by atoms with Gasteiger partial charge in [-0.1, -0.05) is 54.6 Å². The number of rotatable bonds is 12. The molecule has 0 aromatic heterocycles. The molecule has 4 aromatic rings. The summed E-state index contributed by atoms with van der Waals surface area (Å²) in [5, 5.41) is 35.0. The maximum Gasteiger partial charge on any atom is 0.339 e. The third-order valence-electron chi connectivity index (χ3n) is 8.50. The number of carbonyl (C=O) groups excluding carboxylic acids is 2. The van der Waals surface area contributed by atoms with Crippen molar-refractivity contribution in [3.05, 3.63) is 113 Å². The Morgan fingerprint density at radius 2 is 1.33 bits per heavy atom. The van der Waals surface area contributed by atoms with E-state index in [1.165, 1.54) is 36.4 Å². The highest BCUT2D eigenvalue weighted by Gasteiger charge is 2.42. The van der Waals surface area contributed by atoms with E-state index in [9.17, 15) is 24.9 Å². The number of carbonyl (C=O) groups is 2. The Bertz CT molecular complexity index is 1700. The number of nitrogens with zero attached hydrogens (tertiary/aromatic N) is 3. The van der Waals surface area contributed by atoms with Crippen molar-refractivity contribution in [3.63, 3.8) is 0 Å². The average Bonchev–Trinajstić information content (AvgIpc) is 3.20. The molecular weight excluding hydrogens is 614 g/mol. The number of aromatic hydroxyl groups is 2. The molecule has 0 unspecified atom stereocenters. The summed E-state index contributed by atoms with van der Waals surface area (Å²) >= 11 is 0. The van der Waals surface area contributed by atoms with Crippen LogP contribution in [0.25, 0.3) is 0 Å². The topological polar surface area (TPSA) is 132 Å². The second-order valence-corrected chi connectivity index (χ2v) is 11.6. The van der Waals surface area contributed by atoms with Gasteiger partial charge in [-0.3, -0.25) is 4.79 Å². The molecule has 3 amide bonds. The van der Waals surface area contributed by atoms with Crippen molar-refractivity contribution in [2.75, 3.05) is 27.9 Å². The van der Waals surface area contributed by atoms with Gasteiger partial charge in [-0.25, -0.2) is 14.8 Å². The van der Waals surface area contributed by atoms with Gasteiger partial charge in [0.25, 0.3) is 0 Å². The van der Waals surface area contributed by atoms with E-state index in [1.54, 1.807) is 36.3 Å². The molecule has 11 heteroatoms. The van der Waals surface area contributed by atoms with Crippen molar-refractivity contribution >= 4 is 11.9 Å². The predicted molar refractivity (Wildman–Crippen MR) is 179 cm³/mol. The zero-order valence-corrected chi connectivity index (χ0v) is 27.3. The molecule has 0 bridgehead atoms. The maximum absolute atomic E-state index is 14.8. The number of aliphatic hydroxyl groups excluding tert-OH is 1. The largest absolute Gasteiger partial charge is 0.504 e. The normalized spacial score (nSPS) is 16.4. The molecule has 5 rings (SSSR count). The van der Waals surface area contributed by atoms with Crippen LogP contribution >= 0.6 is 0 Å². The lowest BCUT2D eigenvalue weighted by Crippen LogP contribution is -2.52. The first kappa shape index (κ1) is 33.9. The number of methoxy groups -OCH3 is 3. The van der Waals surface area contributed by atoms with Gasteiger partial charge in [0.2, 0.25) is 5.91 Å². The second-order valence-electron chi connectivity index (χ2n) is 11.6. The van der Waals surface area contributed by atoms with Gasteiger partial charge in [-0.15, -0.1) is 0 Å². The predicted octanol–water partition coefficient (Wildman–Crippen LogP) is 4.91. The van der Waals surface area contributed by atoms with Crippen molar-refractivity contribution < 1.29 is 39.1 Å². The van der Waals surface area contributed by atoms with Gasteiger partial charge < -0.3 is 34.4 Å². The SMILES string of the molecule is COc1ccc(CCC(=O)N2C[C@@H](O)[C@@H](Cc3ccccc3)N(Cc3ccc(O)c(OC)c3)C(=O)N2Cc2ccc(O)c(OC)c2)cc1. The molecule has 2 atom stereocenters. The van der Waals surface area contributed by atoms with Gasteiger partial charge in [-0.05, 0) is 71.5 Å². The summed E-state index contributed by atoms with van der Waals surface area (Å²) in [5.74, 6) is 0.742. The molecule has 1 fully saturated rings.